The van der Waals surface area contributed by atoms with E-state index < -0.39 is 0 Å². The normalized spacial score (nSPS) is 10.3. The Morgan fingerprint density at radius 3 is 2.63 bits per heavy atom. The van der Waals surface area contributed by atoms with Gasteiger partial charge in [-0.15, -0.1) is 0 Å². The quantitative estimate of drug-likeness (QED) is 0.621. The van der Waals surface area contributed by atoms with E-state index in [1.54, 1.807) is 18.2 Å². The Labute approximate surface area is 138 Å². The molecule has 0 unspecified atom stereocenters. The maximum absolute atomic E-state index is 12.2. The van der Waals surface area contributed by atoms with Crippen LogP contribution in [0.4, 0.5) is 5.69 Å². The Hall–Kier alpha value is -0.590. The topological polar surface area (TPSA) is 29.1 Å². The number of carbonyl (C=O) groups excluding carboxylic acids is 1. The molecule has 0 saturated carbocycles. The zero-order valence-corrected chi connectivity index (χ0v) is 14.5. The third-order valence-corrected chi connectivity index (χ3v) is 4.07. The number of halogens is 3. The van der Waals surface area contributed by atoms with E-state index in [-0.39, 0.29) is 5.91 Å². The summed E-state index contributed by atoms with van der Waals surface area (Å²) in [4.78, 5) is 12.2. The number of hydrogen-bond acceptors (Lipinski definition) is 1. The molecular formula is C14H10BrClINO. The molecule has 0 aliphatic rings. The van der Waals surface area contributed by atoms with E-state index in [0.29, 0.717) is 10.6 Å². The van der Waals surface area contributed by atoms with Crippen LogP contribution in [0.25, 0.3) is 0 Å². The van der Waals surface area contributed by atoms with Crippen molar-refractivity contribution in [1.82, 2.24) is 0 Å². The highest BCUT2D eigenvalue weighted by Crippen LogP contribution is 2.23. The number of benzene rings is 2. The van der Waals surface area contributed by atoms with Gasteiger partial charge in [0.05, 0.1) is 5.69 Å². The lowest BCUT2D eigenvalue weighted by Crippen LogP contribution is -2.13. The molecular weight excluding hydrogens is 440 g/mol. The number of hydrogen-bond donors (Lipinski definition) is 1. The molecule has 0 heterocycles. The van der Waals surface area contributed by atoms with Crippen molar-refractivity contribution in [1.29, 1.82) is 0 Å². The summed E-state index contributed by atoms with van der Waals surface area (Å²) in [6, 6.07) is 11.0. The van der Waals surface area contributed by atoms with E-state index in [2.05, 4.69) is 43.8 Å². The molecule has 98 valence electrons. The van der Waals surface area contributed by atoms with Crippen LogP contribution >= 0.6 is 50.1 Å². The number of rotatable bonds is 2. The SMILES string of the molecule is Cc1cc(Br)cc(C(=O)Nc2ccc(Cl)cc2I)c1. The summed E-state index contributed by atoms with van der Waals surface area (Å²) in [6.07, 6.45) is 0. The molecule has 5 heteroatoms. The summed E-state index contributed by atoms with van der Waals surface area (Å²) in [7, 11) is 0. The van der Waals surface area contributed by atoms with E-state index in [1.807, 2.05) is 25.1 Å². The third-order valence-electron chi connectivity index (χ3n) is 2.48. The first-order valence-electron chi connectivity index (χ1n) is 5.49. The maximum atomic E-state index is 12.2. The van der Waals surface area contributed by atoms with Gasteiger partial charge < -0.3 is 5.32 Å². The van der Waals surface area contributed by atoms with Crippen molar-refractivity contribution < 1.29 is 4.79 Å². The van der Waals surface area contributed by atoms with Crippen LogP contribution in [0, 0.1) is 10.5 Å². The zero-order valence-electron chi connectivity index (χ0n) is 10.0. The van der Waals surface area contributed by atoms with Crippen molar-refractivity contribution in [2.75, 3.05) is 5.32 Å². The van der Waals surface area contributed by atoms with Gasteiger partial charge in [0.1, 0.15) is 0 Å². The first-order chi connectivity index (χ1) is 8.95. The van der Waals surface area contributed by atoms with Crippen LogP contribution in [0.5, 0.6) is 0 Å². The van der Waals surface area contributed by atoms with Crippen molar-refractivity contribution in [2.45, 2.75) is 6.92 Å². The number of nitrogens with one attached hydrogen (secondary N) is 1. The number of aryl methyl sites for hydroxylation is 1. The summed E-state index contributed by atoms with van der Waals surface area (Å²) in [6.45, 7) is 1.95. The lowest BCUT2D eigenvalue weighted by atomic mass is 10.1. The van der Waals surface area contributed by atoms with Crippen LogP contribution in [0.2, 0.25) is 5.02 Å². The molecule has 1 N–H and O–H groups in total. The Bertz CT molecular complexity index is 625. The molecule has 2 rings (SSSR count). The summed E-state index contributed by atoms with van der Waals surface area (Å²) in [5.74, 6) is -0.135. The van der Waals surface area contributed by atoms with Gasteiger partial charge in [-0.1, -0.05) is 27.5 Å². The number of amides is 1. The van der Waals surface area contributed by atoms with Crippen LogP contribution in [-0.4, -0.2) is 5.91 Å². The summed E-state index contributed by atoms with van der Waals surface area (Å²) >= 11 is 11.4. The molecule has 2 nitrogen and oxygen atoms in total. The Balaban J connectivity index is 2.25. The first kappa shape index (κ1) is 14.8. The average Bonchev–Trinajstić information content (AvgIpc) is 2.31. The second kappa shape index (κ2) is 6.24. The minimum Gasteiger partial charge on any atom is -0.321 e. The molecule has 0 saturated heterocycles. The summed E-state index contributed by atoms with van der Waals surface area (Å²) in [5, 5.41) is 3.54. The maximum Gasteiger partial charge on any atom is 0.255 e. The predicted molar refractivity (Wildman–Crippen MR) is 91.0 cm³/mol. The average molecular weight is 451 g/mol. The number of anilines is 1. The highest BCUT2D eigenvalue weighted by Gasteiger charge is 2.09. The Morgan fingerprint density at radius 1 is 1.26 bits per heavy atom. The molecule has 19 heavy (non-hydrogen) atoms. The van der Waals surface area contributed by atoms with E-state index >= 15 is 0 Å². The van der Waals surface area contributed by atoms with Crippen molar-refractivity contribution in [3.8, 4) is 0 Å². The highest BCUT2D eigenvalue weighted by atomic mass is 127. The lowest BCUT2D eigenvalue weighted by Gasteiger charge is -2.08. The molecule has 0 aromatic heterocycles. The van der Waals surface area contributed by atoms with Crippen molar-refractivity contribution >= 4 is 61.7 Å². The van der Waals surface area contributed by atoms with Gasteiger partial charge in [0.2, 0.25) is 0 Å². The molecule has 0 bridgehead atoms. The van der Waals surface area contributed by atoms with Gasteiger partial charge in [0, 0.05) is 18.6 Å². The standard InChI is InChI=1S/C14H10BrClINO/c1-8-4-9(6-10(15)5-8)14(19)18-13-3-2-11(16)7-12(13)17/h2-7H,1H3,(H,18,19). The molecule has 0 aliphatic heterocycles. The van der Waals surface area contributed by atoms with Crippen molar-refractivity contribution in [2.24, 2.45) is 0 Å². The van der Waals surface area contributed by atoms with Gasteiger partial charge in [-0.05, 0) is 71.5 Å². The predicted octanol–water partition coefficient (Wildman–Crippen LogP) is 5.27. The van der Waals surface area contributed by atoms with Crippen LogP contribution in [0.15, 0.2) is 40.9 Å². The van der Waals surface area contributed by atoms with Crippen LogP contribution in [0.1, 0.15) is 15.9 Å². The van der Waals surface area contributed by atoms with Gasteiger partial charge in [-0.2, -0.15) is 0 Å². The van der Waals surface area contributed by atoms with Gasteiger partial charge in [0.25, 0.3) is 5.91 Å². The summed E-state index contributed by atoms with van der Waals surface area (Å²) in [5.41, 5.74) is 2.41. The Morgan fingerprint density at radius 2 is 2.00 bits per heavy atom. The van der Waals surface area contributed by atoms with Crippen LogP contribution < -0.4 is 5.32 Å². The van der Waals surface area contributed by atoms with Gasteiger partial charge in [-0.25, -0.2) is 0 Å². The fourth-order valence-electron chi connectivity index (χ4n) is 1.65. The molecule has 0 fully saturated rings. The van der Waals surface area contributed by atoms with E-state index in [1.165, 1.54) is 0 Å². The zero-order chi connectivity index (χ0) is 14.0. The van der Waals surface area contributed by atoms with E-state index in [0.717, 1.165) is 19.3 Å². The van der Waals surface area contributed by atoms with Crippen molar-refractivity contribution in [3.05, 3.63) is 60.6 Å². The Kier molecular flexibility index (Phi) is 4.86. The smallest absolute Gasteiger partial charge is 0.255 e. The molecule has 0 atom stereocenters. The molecule has 2 aromatic carbocycles. The lowest BCUT2D eigenvalue weighted by molar-refractivity contribution is 0.102. The molecule has 0 radical (unpaired) electrons. The second-order valence-corrected chi connectivity index (χ2v) is 6.61. The molecule has 0 spiro atoms. The van der Waals surface area contributed by atoms with Gasteiger partial charge in [-0.3, -0.25) is 4.79 Å². The number of carbonyl (C=O) groups is 1. The van der Waals surface area contributed by atoms with E-state index in [9.17, 15) is 4.79 Å². The second-order valence-electron chi connectivity index (χ2n) is 4.10. The van der Waals surface area contributed by atoms with Gasteiger partial charge in [0.15, 0.2) is 0 Å². The third kappa shape index (κ3) is 3.94. The van der Waals surface area contributed by atoms with E-state index in [4.69, 9.17) is 11.6 Å². The van der Waals surface area contributed by atoms with Crippen LogP contribution in [-0.2, 0) is 0 Å². The molecule has 0 aliphatic carbocycles. The van der Waals surface area contributed by atoms with Crippen molar-refractivity contribution in [3.63, 3.8) is 0 Å². The fraction of sp³-hybridized carbons (Fsp3) is 0.0714. The minimum absolute atomic E-state index is 0.135. The largest absolute Gasteiger partial charge is 0.321 e. The molecule has 2 aromatic rings. The van der Waals surface area contributed by atoms with Crippen LogP contribution in [0.3, 0.4) is 0 Å². The monoisotopic (exact) mass is 449 g/mol. The molecule has 1 amide bonds. The minimum atomic E-state index is -0.135. The fourth-order valence-corrected chi connectivity index (χ4v) is 3.27. The highest BCUT2D eigenvalue weighted by molar-refractivity contribution is 14.1. The van der Waals surface area contributed by atoms with Gasteiger partial charge >= 0.3 is 0 Å². The first-order valence-corrected chi connectivity index (χ1v) is 7.74. The summed E-state index contributed by atoms with van der Waals surface area (Å²) < 4.78 is 1.80.